The van der Waals surface area contributed by atoms with Crippen LogP contribution in [0.15, 0.2) is 29.4 Å². The molecule has 0 spiro atoms. The molecule has 24 heavy (non-hydrogen) atoms. The topological polar surface area (TPSA) is 78.3 Å². The Hall–Kier alpha value is -2.02. The van der Waals surface area contributed by atoms with E-state index in [2.05, 4.69) is 16.1 Å². The molecule has 8 heteroatoms. The van der Waals surface area contributed by atoms with Crippen LogP contribution in [0.5, 0.6) is 0 Å². The minimum atomic E-state index is -0.792. The molecule has 1 saturated heterocycles. The van der Waals surface area contributed by atoms with Gasteiger partial charge in [-0.15, -0.1) is 0 Å². The molecular formula is C16H17FN4O2S. The van der Waals surface area contributed by atoms with Gasteiger partial charge in [0.25, 0.3) is 0 Å². The Morgan fingerprint density at radius 1 is 1.54 bits per heavy atom. The van der Waals surface area contributed by atoms with Gasteiger partial charge >= 0.3 is 0 Å². The first kappa shape index (κ1) is 16.8. The van der Waals surface area contributed by atoms with Gasteiger partial charge in [-0.1, -0.05) is 11.2 Å². The Kier molecular flexibility index (Phi) is 5.40. The zero-order valence-corrected chi connectivity index (χ0v) is 13.8. The van der Waals surface area contributed by atoms with Crippen molar-refractivity contribution in [2.75, 3.05) is 29.5 Å². The summed E-state index contributed by atoms with van der Waals surface area (Å²) in [6, 6.07) is 5.00. The van der Waals surface area contributed by atoms with E-state index in [0.717, 1.165) is 23.5 Å². The van der Waals surface area contributed by atoms with Gasteiger partial charge < -0.3 is 9.64 Å². The van der Waals surface area contributed by atoms with E-state index in [9.17, 15) is 9.18 Å². The Bertz CT molecular complexity index is 705. The number of hydrogen-bond donors (Lipinski definition) is 0. The SMILES string of the molecule is [N-]=[N+]=NC[C@H]1CN(c2ccc(C3=CCSCC3)c(F)c2)C(C=O)O1. The molecular weight excluding hydrogens is 331 g/mol. The minimum absolute atomic E-state index is 0.141. The molecule has 0 aromatic heterocycles. The molecule has 6 nitrogen and oxygen atoms in total. The van der Waals surface area contributed by atoms with Crippen molar-refractivity contribution in [1.82, 2.24) is 0 Å². The van der Waals surface area contributed by atoms with Crippen molar-refractivity contribution in [1.29, 1.82) is 0 Å². The number of nitrogens with zero attached hydrogens (tertiary/aromatic N) is 4. The number of benzene rings is 1. The number of azide groups is 1. The lowest BCUT2D eigenvalue weighted by atomic mass is 10.0. The fourth-order valence-electron chi connectivity index (χ4n) is 2.94. The van der Waals surface area contributed by atoms with E-state index in [4.69, 9.17) is 10.3 Å². The maximum atomic E-state index is 14.5. The van der Waals surface area contributed by atoms with Crippen LogP contribution in [0.2, 0.25) is 0 Å². The van der Waals surface area contributed by atoms with Crippen molar-refractivity contribution >= 4 is 29.3 Å². The van der Waals surface area contributed by atoms with Crippen molar-refractivity contribution in [3.8, 4) is 0 Å². The highest BCUT2D eigenvalue weighted by atomic mass is 32.2. The van der Waals surface area contributed by atoms with Gasteiger partial charge in [0.15, 0.2) is 12.5 Å². The highest BCUT2D eigenvalue weighted by Crippen LogP contribution is 2.31. The third kappa shape index (κ3) is 3.56. The molecule has 126 valence electrons. The lowest BCUT2D eigenvalue weighted by Gasteiger charge is -2.22. The monoisotopic (exact) mass is 348 g/mol. The van der Waals surface area contributed by atoms with Crippen LogP contribution < -0.4 is 4.90 Å². The zero-order valence-electron chi connectivity index (χ0n) is 13.0. The highest BCUT2D eigenvalue weighted by Gasteiger charge is 2.32. The molecule has 1 aromatic carbocycles. The van der Waals surface area contributed by atoms with Crippen molar-refractivity contribution in [3.05, 3.63) is 46.1 Å². The summed E-state index contributed by atoms with van der Waals surface area (Å²) in [7, 11) is 0. The van der Waals surface area contributed by atoms with Crippen LogP contribution in [-0.4, -0.2) is 43.2 Å². The molecule has 3 rings (SSSR count). The lowest BCUT2D eigenvalue weighted by molar-refractivity contribution is -0.117. The van der Waals surface area contributed by atoms with E-state index in [1.165, 1.54) is 6.07 Å². The quantitative estimate of drug-likeness (QED) is 0.354. The van der Waals surface area contributed by atoms with Gasteiger partial charge in [-0.05, 0) is 41.5 Å². The number of ether oxygens (including phenoxy) is 1. The molecule has 0 radical (unpaired) electrons. The standard InChI is InChI=1S/C16H17FN4O2S/c17-15-7-12(1-2-14(15)11-3-5-24-6-4-11)21-9-13(8-19-20-18)23-16(21)10-22/h1-3,7,10,13,16H,4-6,8-9H2/t13-,16?/m0/s1. The van der Waals surface area contributed by atoms with Crippen LogP contribution in [-0.2, 0) is 9.53 Å². The second-order valence-electron chi connectivity index (χ2n) is 5.57. The highest BCUT2D eigenvalue weighted by molar-refractivity contribution is 7.99. The number of carbonyl (C=O) groups is 1. The average Bonchev–Trinajstić information content (AvgIpc) is 3.04. The number of aldehydes is 1. The first-order valence-electron chi connectivity index (χ1n) is 7.68. The van der Waals surface area contributed by atoms with E-state index >= 15 is 0 Å². The van der Waals surface area contributed by atoms with Crippen molar-refractivity contribution in [3.63, 3.8) is 0 Å². The summed E-state index contributed by atoms with van der Waals surface area (Å²) in [5.74, 6) is 1.61. The van der Waals surface area contributed by atoms with Gasteiger partial charge in [-0.3, -0.25) is 4.79 Å². The number of hydrogen-bond acceptors (Lipinski definition) is 5. The Balaban J connectivity index is 1.81. The largest absolute Gasteiger partial charge is 0.346 e. The molecule has 0 aliphatic carbocycles. The van der Waals surface area contributed by atoms with Gasteiger partial charge in [0, 0.05) is 28.5 Å². The second-order valence-corrected chi connectivity index (χ2v) is 6.72. The first-order chi connectivity index (χ1) is 11.7. The van der Waals surface area contributed by atoms with E-state index < -0.39 is 6.23 Å². The van der Waals surface area contributed by atoms with Gasteiger partial charge in [-0.25, -0.2) is 4.39 Å². The van der Waals surface area contributed by atoms with Crippen molar-refractivity contribution in [2.45, 2.75) is 18.8 Å². The lowest BCUT2D eigenvalue weighted by Crippen LogP contribution is -2.31. The fraction of sp³-hybridized carbons (Fsp3) is 0.438. The number of halogens is 1. The van der Waals surface area contributed by atoms with E-state index in [0.29, 0.717) is 24.1 Å². The minimum Gasteiger partial charge on any atom is -0.346 e. The first-order valence-corrected chi connectivity index (χ1v) is 8.83. The molecule has 0 N–H and O–H groups in total. The van der Waals surface area contributed by atoms with Crippen LogP contribution in [0, 0.1) is 5.82 Å². The smallest absolute Gasteiger partial charge is 0.187 e. The zero-order chi connectivity index (χ0) is 16.9. The summed E-state index contributed by atoms with van der Waals surface area (Å²) in [6.45, 7) is 0.517. The van der Waals surface area contributed by atoms with E-state index in [1.807, 2.05) is 11.8 Å². The summed E-state index contributed by atoms with van der Waals surface area (Å²) in [6.07, 6.45) is 2.42. The summed E-state index contributed by atoms with van der Waals surface area (Å²) in [5.41, 5.74) is 10.6. The second kappa shape index (κ2) is 7.70. The van der Waals surface area contributed by atoms with Crippen molar-refractivity contribution in [2.24, 2.45) is 5.11 Å². The van der Waals surface area contributed by atoms with Crippen LogP contribution in [0.1, 0.15) is 12.0 Å². The van der Waals surface area contributed by atoms with Gasteiger partial charge in [0.05, 0.1) is 12.6 Å². The Morgan fingerprint density at radius 3 is 3.08 bits per heavy atom. The molecule has 2 aliphatic rings. The average molecular weight is 348 g/mol. The normalized spacial score (nSPS) is 23.5. The molecule has 2 atom stereocenters. The molecule has 0 bridgehead atoms. The summed E-state index contributed by atoms with van der Waals surface area (Å²) in [5, 5.41) is 3.47. The summed E-state index contributed by atoms with van der Waals surface area (Å²) >= 11 is 1.84. The maximum Gasteiger partial charge on any atom is 0.187 e. The van der Waals surface area contributed by atoms with E-state index in [-0.39, 0.29) is 18.5 Å². The maximum absolute atomic E-state index is 14.5. The van der Waals surface area contributed by atoms with Crippen LogP contribution in [0.4, 0.5) is 10.1 Å². The number of allylic oxidation sites excluding steroid dienone is 1. The Morgan fingerprint density at radius 2 is 2.42 bits per heavy atom. The molecule has 1 aromatic rings. The number of anilines is 1. The summed E-state index contributed by atoms with van der Waals surface area (Å²) < 4.78 is 20.1. The van der Waals surface area contributed by atoms with Gasteiger partial charge in [0.1, 0.15) is 5.82 Å². The molecule has 1 fully saturated rings. The molecule has 0 amide bonds. The predicted molar refractivity (Wildman–Crippen MR) is 92.4 cm³/mol. The third-order valence-electron chi connectivity index (χ3n) is 4.10. The molecule has 2 aliphatic heterocycles. The van der Waals surface area contributed by atoms with Crippen molar-refractivity contribution < 1.29 is 13.9 Å². The number of rotatable bonds is 5. The molecule has 2 heterocycles. The number of carbonyl (C=O) groups excluding carboxylic acids is 1. The third-order valence-corrected chi connectivity index (χ3v) is 4.99. The predicted octanol–water partition coefficient (Wildman–Crippen LogP) is 3.39. The number of thioether (sulfide) groups is 1. The van der Waals surface area contributed by atoms with Crippen LogP contribution >= 0.6 is 11.8 Å². The molecule has 0 saturated carbocycles. The van der Waals surface area contributed by atoms with Crippen LogP contribution in [0.3, 0.4) is 0 Å². The molecule has 1 unspecified atom stereocenters. The Labute approximate surface area is 143 Å². The summed E-state index contributed by atoms with van der Waals surface area (Å²) in [4.78, 5) is 15.6. The van der Waals surface area contributed by atoms with Crippen LogP contribution in [0.25, 0.3) is 16.0 Å². The fourth-order valence-corrected chi connectivity index (χ4v) is 3.79. The van der Waals surface area contributed by atoms with E-state index in [1.54, 1.807) is 17.0 Å². The van der Waals surface area contributed by atoms with Gasteiger partial charge in [-0.2, -0.15) is 11.8 Å². The van der Waals surface area contributed by atoms with Gasteiger partial charge in [0.2, 0.25) is 0 Å².